The molecule has 5 heteroatoms. The molecule has 2 rings (SSSR count). The van der Waals surface area contributed by atoms with Crippen LogP contribution < -0.4 is 5.73 Å². The van der Waals surface area contributed by atoms with Crippen LogP contribution >= 0.6 is 27.5 Å². The summed E-state index contributed by atoms with van der Waals surface area (Å²) in [5, 5.41) is 5.19. The molecule has 0 saturated carbocycles. The van der Waals surface area contributed by atoms with Crippen molar-refractivity contribution in [2.24, 2.45) is 5.73 Å². The fourth-order valence-electron chi connectivity index (χ4n) is 2.15. The molecular formula is C15H19BrClN3. The first kappa shape index (κ1) is 15.5. The Morgan fingerprint density at radius 2 is 2.10 bits per heavy atom. The zero-order valence-corrected chi connectivity index (χ0v) is 14.3. The Hall–Kier alpha value is -0.840. The Labute approximate surface area is 133 Å². The number of rotatable bonds is 4. The van der Waals surface area contributed by atoms with Crippen molar-refractivity contribution >= 4 is 27.5 Å². The van der Waals surface area contributed by atoms with Gasteiger partial charge in [-0.2, -0.15) is 5.10 Å². The van der Waals surface area contributed by atoms with E-state index in [1.807, 2.05) is 18.5 Å². The molecule has 0 bridgehead atoms. The molecule has 0 aliphatic carbocycles. The standard InChI is InChI=1S/C15H19BrClN3/c1-4-12(18)7-11-5-6-14(13(16)8-11)20-10(3)15(17)9(2)19-20/h5-6,8,12H,4,7,18H2,1-3H3. The van der Waals surface area contributed by atoms with Crippen molar-refractivity contribution in [3.05, 3.63) is 44.6 Å². The van der Waals surface area contributed by atoms with E-state index in [4.69, 9.17) is 17.3 Å². The van der Waals surface area contributed by atoms with E-state index in [0.717, 1.165) is 34.4 Å². The van der Waals surface area contributed by atoms with Gasteiger partial charge in [-0.1, -0.05) is 24.6 Å². The highest BCUT2D eigenvalue weighted by Gasteiger charge is 2.13. The van der Waals surface area contributed by atoms with Gasteiger partial charge < -0.3 is 5.73 Å². The molecule has 1 unspecified atom stereocenters. The fourth-order valence-corrected chi connectivity index (χ4v) is 2.87. The van der Waals surface area contributed by atoms with Gasteiger partial charge in [0.05, 0.1) is 22.1 Å². The summed E-state index contributed by atoms with van der Waals surface area (Å²) in [5.74, 6) is 0. The van der Waals surface area contributed by atoms with Crippen LogP contribution in [0.25, 0.3) is 5.69 Å². The second-order valence-corrected chi connectivity index (χ2v) is 6.29. The SMILES string of the molecule is CCC(N)Cc1ccc(-n2nc(C)c(Cl)c2C)c(Br)c1. The van der Waals surface area contributed by atoms with E-state index in [9.17, 15) is 0 Å². The summed E-state index contributed by atoms with van der Waals surface area (Å²) in [7, 11) is 0. The van der Waals surface area contributed by atoms with Crippen molar-refractivity contribution in [2.45, 2.75) is 39.7 Å². The van der Waals surface area contributed by atoms with Crippen LogP contribution in [0.5, 0.6) is 0 Å². The second-order valence-electron chi connectivity index (χ2n) is 5.05. The molecule has 2 aromatic rings. The molecular weight excluding hydrogens is 338 g/mol. The fraction of sp³-hybridized carbons (Fsp3) is 0.400. The number of aromatic nitrogens is 2. The molecule has 3 nitrogen and oxygen atoms in total. The van der Waals surface area contributed by atoms with E-state index in [1.165, 1.54) is 5.56 Å². The van der Waals surface area contributed by atoms with E-state index in [1.54, 1.807) is 0 Å². The van der Waals surface area contributed by atoms with Gasteiger partial charge in [-0.25, -0.2) is 4.68 Å². The van der Waals surface area contributed by atoms with E-state index < -0.39 is 0 Å². The maximum absolute atomic E-state index is 6.20. The van der Waals surface area contributed by atoms with Crippen LogP contribution in [0.15, 0.2) is 22.7 Å². The van der Waals surface area contributed by atoms with E-state index in [2.05, 4.69) is 46.2 Å². The maximum Gasteiger partial charge on any atom is 0.0848 e. The van der Waals surface area contributed by atoms with Gasteiger partial charge in [-0.15, -0.1) is 0 Å². The lowest BCUT2D eigenvalue weighted by atomic mass is 10.0. The van der Waals surface area contributed by atoms with Crippen LogP contribution in [-0.4, -0.2) is 15.8 Å². The third-order valence-corrected chi connectivity index (χ3v) is 4.65. The van der Waals surface area contributed by atoms with Crippen LogP contribution in [-0.2, 0) is 6.42 Å². The zero-order valence-electron chi connectivity index (χ0n) is 12.0. The molecule has 0 aliphatic rings. The van der Waals surface area contributed by atoms with Crippen molar-refractivity contribution in [1.29, 1.82) is 0 Å². The van der Waals surface area contributed by atoms with Crippen LogP contribution in [0.3, 0.4) is 0 Å². The third kappa shape index (κ3) is 3.08. The predicted octanol–water partition coefficient (Wildman–Crippen LogP) is 4.18. The normalized spacial score (nSPS) is 12.7. The van der Waals surface area contributed by atoms with Crippen molar-refractivity contribution in [3.8, 4) is 5.69 Å². The first-order valence-corrected chi connectivity index (χ1v) is 7.87. The van der Waals surface area contributed by atoms with E-state index in [0.29, 0.717) is 5.02 Å². The summed E-state index contributed by atoms with van der Waals surface area (Å²) in [6.45, 7) is 5.98. The summed E-state index contributed by atoms with van der Waals surface area (Å²) in [4.78, 5) is 0. The average Bonchev–Trinajstić information content (AvgIpc) is 2.66. The monoisotopic (exact) mass is 355 g/mol. The molecule has 2 N–H and O–H groups in total. The van der Waals surface area contributed by atoms with Crippen LogP contribution in [0.1, 0.15) is 30.3 Å². The molecule has 0 saturated heterocycles. The average molecular weight is 357 g/mol. The predicted molar refractivity (Wildman–Crippen MR) is 87.7 cm³/mol. The number of nitrogens with zero attached hydrogens (tertiary/aromatic N) is 2. The van der Waals surface area contributed by atoms with Crippen molar-refractivity contribution in [3.63, 3.8) is 0 Å². The van der Waals surface area contributed by atoms with Crippen molar-refractivity contribution in [2.75, 3.05) is 0 Å². The van der Waals surface area contributed by atoms with Gasteiger partial charge in [0.15, 0.2) is 0 Å². The maximum atomic E-state index is 6.20. The summed E-state index contributed by atoms with van der Waals surface area (Å²) in [6.07, 6.45) is 1.86. The minimum Gasteiger partial charge on any atom is -0.327 e. The minimum absolute atomic E-state index is 0.205. The highest BCUT2D eigenvalue weighted by atomic mass is 79.9. The highest BCUT2D eigenvalue weighted by molar-refractivity contribution is 9.10. The Balaban J connectivity index is 2.36. The van der Waals surface area contributed by atoms with Crippen LogP contribution in [0, 0.1) is 13.8 Å². The van der Waals surface area contributed by atoms with Gasteiger partial charge in [0, 0.05) is 10.5 Å². The van der Waals surface area contributed by atoms with Crippen molar-refractivity contribution in [1.82, 2.24) is 9.78 Å². The highest BCUT2D eigenvalue weighted by Crippen LogP contribution is 2.28. The number of aryl methyl sites for hydroxylation is 1. The molecule has 0 amide bonds. The molecule has 108 valence electrons. The smallest absolute Gasteiger partial charge is 0.0848 e. The van der Waals surface area contributed by atoms with Crippen LogP contribution in [0.2, 0.25) is 5.02 Å². The number of nitrogens with two attached hydrogens (primary N) is 1. The van der Waals surface area contributed by atoms with Gasteiger partial charge in [-0.05, 0) is 60.3 Å². The molecule has 0 spiro atoms. The molecule has 0 aliphatic heterocycles. The number of hydrogen-bond donors (Lipinski definition) is 1. The number of halogens is 2. The summed E-state index contributed by atoms with van der Waals surface area (Å²) >= 11 is 9.82. The lowest BCUT2D eigenvalue weighted by Gasteiger charge is -2.12. The Morgan fingerprint density at radius 1 is 1.40 bits per heavy atom. The summed E-state index contributed by atoms with van der Waals surface area (Å²) in [5.41, 5.74) is 10.0. The van der Waals surface area contributed by atoms with Gasteiger partial charge in [-0.3, -0.25) is 0 Å². The van der Waals surface area contributed by atoms with Gasteiger partial charge in [0.1, 0.15) is 0 Å². The zero-order chi connectivity index (χ0) is 14.9. The van der Waals surface area contributed by atoms with Gasteiger partial charge >= 0.3 is 0 Å². The second kappa shape index (κ2) is 6.29. The first-order valence-electron chi connectivity index (χ1n) is 6.70. The molecule has 20 heavy (non-hydrogen) atoms. The third-order valence-electron chi connectivity index (χ3n) is 3.47. The molecule has 0 fully saturated rings. The van der Waals surface area contributed by atoms with Gasteiger partial charge in [0.25, 0.3) is 0 Å². The topological polar surface area (TPSA) is 43.8 Å². The molecule has 0 radical (unpaired) electrons. The molecule has 1 heterocycles. The van der Waals surface area contributed by atoms with E-state index in [-0.39, 0.29) is 6.04 Å². The Kier molecular flexibility index (Phi) is 4.89. The molecule has 1 atom stereocenters. The van der Waals surface area contributed by atoms with Crippen LogP contribution in [0.4, 0.5) is 0 Å². The van der Waals surface area contributed by atoms with Crippen molar-refractivity contribution < 1.29 is 0 Å². The minimum atomic E-state index is 0.205. The van der Waals surface area contributed by atoms with E-state index >= 15 is 0 Å². The molecule has 1 aromatic heterocycles. The largest absolute Gasteiger partial charge is 0.327 e. The van der Waals surface area contributed by atoms with Gasteiger partial charge in [0.2, 0.25) is 0 Å². The molecule has 1 aromatic carbocycles. The lowest BCUT2D eigenvalue weighted by Crippen LogP contribution is -2.21. The quantitative estimate of drug-likeness (QED) is 0.893. The Morgan fingerprint density at radius 3 is 2.60 bits per heavy atom. The summed E-state index contributed by atoms with van der Waals surface area (Å²) < 4.78 is 2.87. The first-order chi connectivity index (χ1) is 9.43. The lowest BCUT2D eigenvalue weighted by molar-refractivity contribution is 0.646. The summed E-state index contributed by atoms with van der Waals surface area (Å²) in [6, 6.07) is 6.46. The number of hydrogen-bond acceptors (Lipinski definition) is 2. The number of benzene rings is 1. The Bertz CT molecular complexity index is 622.